The second kappa shape index (κ2) is 9.04. The molecule has 2 aromatic carbocycles. The lowest BCUT2D eigenvalue weighted by Crippen LogP contribution is -2.44. The minimum Gasteiger partial charge on any atom is -0.506 e. The maximum atomic E-state index is 13.9. The number of amides is 1. The number of benzene rings is 2. The first-order valence-electron chi connectivity index (χ1n) is 11.0. The molecule has 0 bridgehead atoms. The third-order valence-electron chi connectivity index (χ3n) is 6.42. The monoisotopic (exact) mass is 474 g/mol. The summed E-state index contributed by atoms with van der Waals surface area (Å²) in [6.07, 6.45) is -0.530. The molecule has 34 heavy (non-hydrogen) atoms. The summed E-state index contributed by atoms with van der Waals surface area (Å²) in [4.78, 5) is 28.4. The number of nitrogens with zero attached hydrogens (tertiary/aromatic N) is 2. The highest BCUT2D eigenvalue weighted by atomic mass is 19.4. The van der Waals surface area contributed by atoms with Crippen molar-refractivity contribution in [1.82, 2.24) is 4.57 Å². The van der Waals surface area contributed by atoms with Gasteiger partial charge in [-0.25, -0.2) is 0 Å². The largest absolute Gasteiger partial charge is 0.506 e. The Morgan fingerprint density at radius 1 is 1.09 bits per heavy atom. The van der Waals surface area contributed by atoms with Crippen LogP contribution in [-0.2, 0) is 13.2 Å². The highest BCUT2D eigenvalue weighted by molar-refractivity contribution is 6.11. The number of aryl methyl sites for hydroxylation is 1. The van der Waals surface area contributed by atoms with Gasteiger partial charge in [0.25, 0.3) is 11.5 Å². The summed E-state index contributed by atoms with van der Waals surface area (Å²) in [5.74, 6) is -0.968. The second-order valence-corrected chi connectivity index (χ2v) is 8.45. The zero-order valence-corrected chi connectivity index (χ0v) is 18.9. The van der Waals surface area contributed by atoms with Gasteiger partial charge in [0.2, 0.25) is 0 Å². The van der Waals surface area contributed by atoms with Crippen LogP contribution in [0.2, 0.25) is 0 Å². The Hall–Kier alpha value is -3.49. The van der Waals surface area contributed by atoms with Crippen molar-refractivity contribution < 1.29 is 27.8 Å². The van der Waals surface area contributed by atoms with Crippen LogP contribution < -0.4 is 15.2 Å². The van der Waals surface area contributed by atoms with E-state index in [4.69, 9.17) is 4.74 Å². The van der Waals surface area contributed by atoms with Gasteiger partial charge in [-0.05, 0) is 49.2 Å². The van der Waals surface area contributed by atoms with E-state index in [1.807, 2.05) is 0 Å². The Bertz CT molecular complexity index is 1280. The molecule has 6 nitrogen and oxygen atoms in total. The van der Waals surface area contributed by atoms with Crippen LogP contribution in [0.15, 0.2) is 47.3 Å². The van der Waals surface area contributed by atoms with Crippen LogP contribution in [0.25, 0.3) is 10.9 Å². The van der Waals surface area contributed by atoms with E-state index in [0.29, 0.717) is 24.1 Å². The molecule has 1 amide bonds. The minimum absolute atomic E-state index is 0.214. The van der Waals surface area contributed by atoms with Gasteiger partial charge in [0, 0.05) is 18.8 Å². The number of alkyl halides is 3. The first-order chi connectivity index (χ1) is 16.1. The standard InChI is InChI=1S/C25H25F3N2O4/c1-29-18-9-6-10-19(34-2)20(18)22(31)21(23(29)32)24(33)30(16-7-4-3-5-8-16)17-13-11-15(12-14-17)25(26,27)28/h6,9-14,16,31H,3-5,7-8H2,1-2H3. The van der Waals surface area contributed by atoms with Crippen molar-refractivity contribution in [3.63, 3.8) is 0 Å². The molecule has 0 aliphatic heterocycles. The highest BCUT2D eigenvalue weighted by Gasteiger charge is 2.34. The van der Waals surface area contributed by atoms with E-state index in [0.717, 1.165) is 31.4 Å². The first-order valence-corrected chi connectivity index (χ1v) is 11.0. The van der Waals surface area contributed by atoms with Crippen LogP contribution in [0.5, 0.6) is 11.5 Å². The lowest BCUT2D eigenvalue weighted by Gasteiger charge is -2.34. The molecule has 1 heterocycles. The summed E-state index contributed by atoms with van der Waals surface area (Å²) in [6, 6.07) is 8.89. The summed E-state index contributed by atoms with van der Waals surface area (Å²) in [5, 5.41) is 11.3. The fourth-order valence-electron chi connectivity index (χ4n) is 4.67. The predicted molar refractivity (Wildman–Crippen MR) is 123 cm³/mol. The third kappa shape index (κ3) is 4.10. The molecule has 1 aliphatic carbocycles. The number of rotatable bonds is 4. The Morgan fingerprint density at radius 2 is 1.74 bits per heavy atom. The Kier molecular flexibility index (Phi) is 6.29. The zero-order valence-electron chi connectivity index (χ0n) is 18.9. The molecular weight excluding hydrogens is 449 g/mol. The summed E-state index contributed by atoms with van der Waals surface area (Å²) in [6.45, 7) is 0. The Labute approximate surface area is 194 Å². The molecule has 0 radical (unpaired) electrons. The topological polar surface area (TPSA) is 71.8 Å². The molecule has 1 N–H and O–H groups in total. The smallest absolute Gasteiger partial charge is 0.416 e. The van der Waals surface area contributed by atoms with Gasteiger partial charge in [0.05, 0.1) is 23.6 Å². The molecule has 180 valence electrons. The number of carbonyl (C=O) groups is 1. The van der Waals surface area contributed by atoms with E-state index in [2.05, 4.69) is 0 Å². The van der Waals surface area contributed by atoms with Crippen LogP contribution in [0, 0.1) is 0 Å². The van der Waals surface area contributed by atoms with Crippen molar-refractivity contribution in [3.8, 4) is 11.5 Å². The molecule has 1 saturated carbocycles. The molecule has 3 aromatic rings. The normalized spacial score (nSPS) is 14.9. The lowest BCUT2D eigenvalue weighted by atomic mass is 9.93. The quantitative estimate of drug-likeness (QED) is 0.561. The predicted octanol–water partition coefficient (Wildman–Crippen LogP) is 5.25. The van der Waals surface area contributed by atoms with Gasteiger partial charge in [0.15, 0.2) is 0 Å². The number of aromatic hydroxyl groups is 1. The average Bonchev–Trinajstić information content (AvgIpc) is 2.83. The van der Waals surface area contributed by atoms with Crippen molar-refractivity contribution in [1.29, 1.82) is 0 Å². The molecule has 1 aromatic heterocycles. The Morgan fingerprint density at radius 3 is 2.32 bits per heavy atom. The molecule has 4 rings (SSSR count). The van der Waals surface area contributed by atoms with Crippen molar-refractivity contribution in [2.45, 2.75) is 44.3 Å². The number of ether oxygens (including phenoxy) is 1. The van der Waals surface area contributed by atoms with E-state index in [-0.39, 0.29) is 17.1 Å². The number of carbonyl (C=O) groups excluding carboxylic acids is 1. The molecule has 0 saturated heterocycles. The van der Waals surface area contributed by atoms with Crippen LogP contribution in [0.1, 0.15) is 48.0 Å². The minimum atomic E-state index is -4.51. The van der Waals surface area contributed by atoms with Crippen molar-refractivity contribution in [2.24, 2.45) is 7.05 Å². The number of hydrogen-bond acceptors (Lipinski definition) is 4. The van der Waals surface area contributed by atoms with E-state index in [9.17, 15) is 27.9 Å². The number of pyridine rings is 1. The summed E-state index contributed by atoms with van der Waals surface area (Å²) in [5.41, 5.74) is -1.34. The fraction of sp³-hybridized carbons (Fsp3) is 0.360. The summed E-state index contributed by atoms with van der Waals surface area (Å²) < 4.78 is 45.9. The molecule has 1 fully saturated rings. The lowest BCUT2D eigenvalue weighted by molar-refractivity contribution is -0.137. The Balaban J connectivity index is 1.89. The van der Waals surface area contributed by atoms with E-state index < -0.39 is 34.5 Å². The van der Waals surface area contributed by atoms with E-state index >= 15 is 0 Å². The number of halogens is 3. The van der Waals surface area contributed by atoms with Crippen molar-refractivity contribution >= 4 is 22.5 Å². The molecule has 0 atom stereocenters. The van der Waals surface area contributed by atoms with Gasteiger partial charge in [-0.1, -0.05) is 25.3 Å². The third-order valence-corrected chi connectivity index (χ3v) is 6.42. The number of hydrogen-bond donors (Lipinski definition) is 1. The van der Waals surface area contributed by atoms with Crippen molar-refractivity contribution in [3.05, 3.63) is 63.9 Å². The van der Waals surface area contributed by atoms with Crippen LogP contribution in [0.3, 0.4) is 0 Å². The van der Waals surface area contributed by atoms with Gasteiger partial charge in [-0.3, -0.25) is 9.59 Å². The highest BCUT2D eigenvalue weighted by Crippen LogP contribution is 2.37. The maximum Gasteiger partial charge on any atom is 0.416 e. The van der Waals surface area contributed by atoms with Gasteiger partial charge < -0.3 is 19.3 Å². The van der Waals surface area contributed by atoms with Gasteiger partial charge in [-0.15, -0.1) is 0 Å². The van der Waals surface area contributed by atoms with Crippen molar-refractivity contribution in [2.75, 3.05) is 12.0 Å². The van der Waals surface area contributed by atoms with Gasteiger partial charge in [0.1, 0.15) is 17.1 Å². The van der Waals surface area contributed by atoms with Gasteiger partial charge >= 0.3 is 6.18 Å². The van der Waals surface area contributed by atoms with Gasteiger partial charge in [-0.2, -0.15) is 13.2 Å². The SMILES string of the molecule is COc1cccc2c1c(O)c(C(=O)N(c1ccc(C(F)(F)F)cc1)C1CCCCC1)c(=O)n2C. The fourth-order valence-corrected chi connectivity index (χ4v) is 4.67. The second-order valence-electron chi connectivity index (χ2n) is 8.45. The first kappa shape index (κ1) is 23.7. The molecule has 0 unspecified atom stereocenters. The molecule has 9 heteroatoms. The molecular formula is C25H25F3N2O4. The average molecular weight is 474 g/mol. The van der Waals surface area contributed by atoms with Crippen LogP contribution >= 0.6 is 0 Å². The number of fused-ring (bicyclic) bond motifs is 1. The van der Waals surface area contributed by atoms with Crippen LogP contribution in [-0.4, -0.2) is 28.7 Å². The van der Waals surface area contributed by atoms with Crippen LogP contribution in [0.4, 0.5) is 18.9 Å². The summed E-state index contributed by atoms with van der Waals surface area (Å²) in [7, 11) is 2.90. The number of aromatic nitrogens is 1. The number of anilines is 1. The van der Waals surface area contributed by atoms with E-state index in [1.165, 1.54) is 35.8 Å². The number of methoxy groups -OCH3 is 1. The van der Waals surface area contributed by atoms with E-state index in [1.54, 1.807) is 18.2 Å². The molecule has 0 spiro atoms. The molecule has 1 aliphatic rings. The maximum absolute atomic E-state index is 13.9. The summed E-state index contributed by atoms with van der Waals surface area (Å²) >= 11 is 0. The zero-order chi connectivity index (χ0) is 24.6.